The fourth-order valence-electron chi connectivity index (χ4n) is 2.88. The Bertz CT molecular complexity index is 713. The van der Waals surface area contributed by atoms with E-state index in [1.807, 2.05) is 37.4 Å². The van der Waals surface area contributed by atoms with Crippen LogP contribution in [0.1, 0.15) is 35.1 Å². The van der Waals surface area contributed by atoms with E-state index in [-0.39, 0.29) is 5.91 Å². The van der Waals surface area contributed by atoms with Crippen LogP contribution >= 0.6 is 0 Å². The van der Waals surface area contributed by atoms with Crippen LogP contribution in [0.3, 0.4) is 0 Å². The number of aliphatic hydroxyl groups excluding tert-OH is 1. The van der Waals surface area contributed by atoms with Crippen molar-refractivity contribution in [3.8, 4) is 11.3 Å². The van der Waals surface area contributed by atoms with Gasteiger partial charge in [0.15, 0.2) is 0 Å². The first-order valence-electron chi connectivity index (χ1n) is 7.98. The average molecular weight is 311 g/mol. The van der Waals surface area contributed by atoms with Crippen LogP contribution in [-0.2, 0) is 6.42 Å². The Morgan fingerprint density at radius 2 is 2.09 bits per heavy atom. The third-order valence-corrected chi connectivity index (χ3v) is 4.22. The minimum Gasteiger partial charge on any atom is -0.391 e. The molecule has 1 amide bonds. The van der Waals surface area contributed by atoms with Gasteiger partial charge in [-0.2, -0.15) is 0 Å². The van der Waals surface area contributed by atoms with Gasteiger partial charge in [0, 0.05) is 30.4 Å². The lowest BCUT2D eigenvalue weighted by Crippen LogP contribution is -2.29. The minimum absolute atomic E-state index is 0.0253. The van der Waals surface area contributed by atoms with E-state index in [0.29, 0.717) is 25.1 Å². The number of hydrogen-bond acceptors (Lipinski definition) is 4. The van der Waals surface area contributed by atoms with Gasteiger partial charge in [-0.3, -0.25) is 4.79 Å². The molecule has 1 N–H and O–H groups in total. The summed E-state index contributed by atoms with van der Waals surface area (Å²) < 4.78 is 0. The van der Waals surface area contributed by atoms with Crippen molar-refractivity contribution in [2.45, 2.75) is 32.8 Å². The van der Waals surface area contributed by atoms with Gasteiger partial charge in [0.05, 0.1) is 11.8 Å². The summed E-state index contributed by atoms with van der Waals surface area (Å²) in [4.78, 5) is 22.9. The van der Waals surface area contributed by atoms with Gasteiger partial charge < -0.3 is 10.0 Å². The Morgan fingerprint density at radius 1 is 1.35 bits per heavy atom. The smallest absolute Gasteiger partial charge is 0.253 e. The first-order valence-corrected chi connectivity index (χ1v) is 7.98. The molecule has 3 rings (SSSR count). The highest BCUT2D eigenvalue weighted by Crippen LogP contribution is 2.23. The Hall–Kier alpha value is -2.27. The maximum Gasteiger partial charge on any atom is 0.253 e. The van der Waals surface area contributed by atoms with Gasteiger partial charge in [0.2, 0.25) is 0 Å². The highest BCUT2D eigenvalue weighted by molar-refractivity contribution is 5.94. The summed E-state index contributed by atoms with van der Waals surface area (Å²) in [5, 5.41) is 9.56. The SMILES string of the molecule is CCc1cnc(C)nc1-c1ccc(C(=O)N2CC[C@@H](O)C2)cc1. The zero-order valence-corrected chi connectivity index (χ0v) is 13.5. The van der Waals surface area contributed by atoms with E-state index in [1.54, 1.807) is 4.90 Å². The van der Waals surface area contributed by atoms with Gasteiger partial charge in [0.1, 0.15) is 5.82 Å². The van der Waals surface area contributed by atoms with Crippen LogP contribution in [0.15, 0.2) is 30.5 Å². The number of carbonyl (C=O) groups is 1. The van der Waals surface area contributed by atoms with Crippen LogP contribution in [0.4, 0.5) is 0 Å². The average Bonchev–Trinajstić information content (AvgIpc) is 3.01. The molecule has 0 bridgehead atoms. The molecule has 0 radical (unpaired) electrons. The first-order chi connectivity index (χ1) is 11.1. The lowest BCUT2D eigenvalue weighted by molar-refractivity contribution is 0.0765. The van der Waals surface area contributed by atoms with E-state index in [0.717, 1.165) is 29.1 Å². The van der Waals surface area contributed by atoms with Crippen molar-refractivity contribution < 1.29 is 9.90 Å². The van der Waals surface area contributed by atoms with Crippen molar-refractivity contribution in [3.05, 3.63) is 47.4 Å². The van der Waals surface area contributed by atoms with E-state index >= 15 is 0 Å². The molecule has 1 aliphatic heterocycles. The van der Waals surface area contributed by atoms with Gasteiger partial charge in [-0.1, -0.05) is 19.1 Å². The fraction of sp³-hybridized carbons (Fsp3) is 0.389. The maximum atomic E-state index is 12.4. The van der Waals surface area contributed by atoms with E-state index in [1.165, 1.54) is 0 Å². The summed E-state index contributed by atoms with van der Waals surface area (Å²) in [6.45, 7) is 4.99. The Balaban J connectivity index is 1.85. The Morgan fingerprint density at radius 3 is 2.70 bits per heavy atom. The quantitative estimate of drug-likeness (QED) is 0.944. The molecule has 1 saturated heterocycles. The number of β-amino-alcohol motifs (C(OH)–C–C–N with tert-alkyl or cyclic N) is 1. The molecule has 0 unspecified atom stereocenters. The number of rotatable bonds is 3. The molecule has 5 heteroatoms. The van der Waals surface area contributed by atoms with Gasteiger partial charge >= 0.3 is 0 Å². The van der Waals surface area contributed by atoms with Gasteiger partial charge in [-0.05, 0) is 37.5 Å². The number of likely N-dealkylation sites (tertiary alicyclic amines) is 1. The van der Waals surface area contributed by atoms with Crippen LogP contribution in [-0.4, -0.2) is 45.1 Å². The monoisotopic (exact) mass is 311 g/mol. The number of amides is 1. The second-order valence-electron chi connectivity index (χ2n) is 5.92. The van der Waals surface area contributed by atoms with Crippen LogP contribution in [0, 0.1) is 6.92 Å². The van der Waals surface area contributed by atoms with E-state index in [2.05, 4.69) is 16.9 Å². The van der Waals surface area contributed by atoms with Crippen molar-refractivity contribution in [1.82, 2.24) is 14.9 Å². The molecule has 120 valence electrons. The second-order valence-corrected chi connectivity index (χ2v) is 5.92. The van der Waals surface area contributed by atoms with E-state index in [9.17, 15) is 9.90 Å². The normalized spacial score (nSPS) is 17.5. The minimum atomic E-state index is -0.394. The summed E-state index contributed by atoms with van der Waals surface area (Å²) in [5.41, 5.74) is 3.66. The maximum absolute atomic E-state index is 12.4. The molecular weight excluding hydrogens is 290 g/mol. The predicted octanol–water partition coefficient (Wildman–Crippen LogP) is 2.22. The number of carbonyl (C=O) groups excluding carboxylic acids is 1. The highest BCUT2D eigenvalue weighted by Gasteiger charge is 2.25. The van der Waals surface area contributed by atoms with E-state index < -0.39 is 6.10 Å². The van der Waals surface area contributed by atoms with Gasteiger partial charge in [-0.25, -0.2) is 9.97 Å². The van der Waals surface area contributed by atoms with Crippen molar-refractivity contribution in [1.29, 1.82) is 0 Å². The molecular formula is C18H21N3O2. The Kier molecular flexibility index (Phi) is 4.39. The lowest BCUT2D eigenvalue weighted by Gasteiger charge is -2.16. The molecule has 2 aromatic rings. The molecule has 0 aliphatic carbocycles. The molecule has 0 spiro atoms. The number of benzene rings is 1. The third-order valence-electron chi connectivity index (χ3n) is 4.22. The topological polar surface area (TPSA) is 66.3 Å². The molecule has 2 heterocycles. The van der Waals surface area contributed by atoms with Crippen molar-refractivity contribution in [2.75, 3.05) is 13.1 Å². The van der Waals surface area contributed by atoms with Gasteiger partial charge in [0.25, 0.3) is 5.91 Å². The zero-order valence-electron chi connectivity index (χ0n) is 13.5. The summed E-state index contributed by atoms with van der Waals surface area (Å²) in [6.07, 6.45) is 2.99. The molecule has 1 aromatic carbocycles. The molecule has 23 heavy (non-hydrogen) atoms. The van der Waals surface area contributed by atoms with E-state index in [4.69, 9.17) is 0 Å². The molecule has 1 fully saturated rings. The van der Waals surface area contributed by atoms with Crippen molar-refractivity contribution in [3.63, 3.8) is 0 Å². The zero-order chi connectivity index (χ0) is 16.4. The molecule has 1 aliphatic rings. The van der Waals surface area contributed by atoms with Crippen LogP contribution < -0.4 is 0 Å². The molecule has 1 atom stereocenters. The molecule has 0 saturated carbocycles. The number of aryl methyl sites for hydroxylation is 2. The standard InChI is InChI=1S/C18H21N3O2/c1-3-13-10-19-12(2)20-17(13)14-4-6-15(7-5-14)18(23)21-9-8-16(22)11-21/h4-7,10,16,22H,3,8-9,11H2,1-2H3/t16-/m1/s1. The van der Waals surface area contributed by atoms with Gasteiger partial charge in [-0.15, -0.1) is 0 Å². The predicted molar refractivity (Wildman–Crippen MR) is 88.1 cm³/mol. The summed E-state index contributed by atoms with van der Waals surface area (Å²) in [5.74, 6) is 0.714. The summed E-state index contributed by atoms with van der Waals surface area (Å²) in [6, 6.07) is 7.53. The summed E-state index contributed by atoms with van der Waals surface area (Å²) >= 11 is 0. The first kappa shape index (κ1) is 15.6. The number of aromatic nitrogens is 2. The number of hydrogen-bond donors (Lipinski definition) is 1. The third kappa shape index (κ3) is 3.24. The fourth-order valence-corrected chi connectivity index (χ4v) is 2.88. The largest absolute Gasteiger partial charge is 0.391 e. The highest BCUT2D eigenvalue weighted by atomic mass is 16.3. The van der Waals surface area contributed by atoms with Crippen LogP contribution in [0.5, 0.6) is 0 Å². The Labute approximate surface area is 136 Å². The van der Waals surface area contributed by atoms with Crippen LogP contribution in [0.2, 0.25) is 0 Å². The number of nitrogens with zero attached hydrogens (tertiary/aromatic N) is 3. The number of aliphatic hydroxyl groups is 1. The molecule has 1 aromatic heterocycles. The van der Waals surface area contributed by atoms with Crippen LogP contribution in [0.25, 0.3) is 11.3 Å². The molecule has 5 nitrogen and oxygen atoms in total. The van der Waals surface area contributed by atoms with Crippen molar-refractivity contribution in [2.24, 2.45) is 0 Å². The second kappa shape index (κ2) is 6.46. The lowest BCUT2D eigenvalue weighted by atomic mass is 10.0. The summed E-state index contributed by atoms with van der Waals surface area (Å²) in [7, 11) is 0. The van der Waals surface area contributed by atoms with Crippen molar-refractivity contribution >= 4 is 5.91 Å².